The molecule has 4 heteroatoms. The third-order valence-corrected chi connectivity index (χ3v) is 5.34. The molecule has 0 amide bonds. The average molecular weight is 230 g/mol. The van der Waals surface area contributed by atoms with Crippen LogP contribution in [0.3, 0.4) is 0 Å². The Labute approximate surface area is 91.4 Å². The van der Waals surface area contributed by atoms with Crippen molar-refractivity contribution in [2.24, 2.45) is 5.41 Å². The van der Waals surface area contributed by atoms with Gasteiger partial charge in [0.05, 0.1) is 24.4 Å². The molecular formula is C11H18O3S. The molecule has 2 aliphatic rings. The summed E-state index contributed by atoms with van der Waals surface area (Å²) in [5.41, 5.74) is 1.23. The lowest BCUT2D eigenvalue weighted by molar-refractivity contribution is 0.142. The Morgan fingerprint density at radius 2 is 1.93 bits per heavy atom. The number of ether oxygens (including phenoxy) is 1. The standard InChI is InChI=1S/C11H18O3S/c1-11(8-15(12,13)9-11)7-14-6-10-4-2-3-5-10/h6H,2-5,7-9H2,1H3. The monoisotopic (exact) mass is 230 g/mol. The van der Waals surface area contributed by atoms with Crippen molar-refractivity contribution in [3.05, 3.63) is 11.8 Å². The molecule has 1 aliphatic carbocycles. The molecule has 2 rings (SSSR count). The summed E-state index contributed by atoms with van der Waals surface area (Å²) < 4.78 is 27.6. The molecule has 3 nitrogen and oxygen atoms in total. The Bertz CT molecular complexity index is 347. The highest BCUT2D eigenvalue weighted by Crippen LogP contribution is 2.33. The fourth-order valence-electron chi connectivity index (χ4n) is 2.41. The molecular weight excluding hydrogens is 212 g/mol. The molecule has 1 aliphatic heterocycles. The predicted molar refractivity (Wildman–Crippen MR) is 59.3 cm³/mol. The lowest BCUT2D eigenvalue weighted by Gasteiger charge is -2.36. The van der Waals surface area contributed by atoms with Gasteiger partial charge in [0, 0.05) is 5.41 Å². The van der Waals surface area contributed by atoms with E-state index in [1.54, 1.807) is 0 Å². The molecule has 0 unspecified atom stereocenters. The van der Waals surface area contributed by atoms with Crippen LogP contribution in [0.5, 0.6) is 0 Å². The minimum absolute atomic E-state index is 0.144. The van der Waals surface area contributed by atoms with Gasteiger partial charge in [0.1, 0.15) is 0 Å². The Balaban J connectivity index is 1.77. The highest BCUT2D eigenvalue weighted by atomic mass is 32.2. The topological polar surface area (TPSA) is 43.4 Å². The zero-order valence-electron chi connectivity index (χ0n) is 9.16. The Hall–Kier alpha value is -0.510. The second-order valence-corrected chi connectivity index (χ2v) is 7.20. The van der Waals surface area contributed by atoms with E-state index in [0.29, 0.717) is 6.61 Å². The summed E-state index contributed by atoms with van der Waals surface area (Å²) >= 11 is 0. The van der Waals surface area contributed by atoms with Crippen molar-refractivity contribution >= 4 is 9.84 Å². The van der Waals surface area contributed by atoms with Gasteiger partial charge in [-0.25, -0.2) is 8.42 Å². The molecule has 0 aromatic rings. The van der Waals surface area contributed by atoms with E-state index in [2.05, 4.69) is 0 Å². The van der Waals surface area contributed by atoms with Crippen molar-refractivity contribution < 1.29 is 13.2 Å². The molecule has 1 saturated carbocycles. The number of hydrogen-bond acceptors (Lipinski definition) is 3. The van der Waals surface area contributed by atoms with Gasteiger partial charge in [0.2, 0.25) is 0 Å². The van der Waals surface area contributed by atoms with Crippen molar-refractivity contribution in [3.63, 3.8) is 0 Å². The second-order valence-electron chi connectivity index (χ2n) is 5.14. The van der Waals surface area contributed by atoms with Gasteiger partial charge in [-0.15, -0.1) is 0 Å². The van der Waals surface area contributed by atoms with E-state index < -0.39 is 9.84 Å². The van der Waals surface area contributed by atoms with E-state index >= 15 is 0 Å². The van der Waals surface area contributed by atoms with E-state index in [9.17, 15) is 8.42 Å². The van der Waals surface area contributed by atoms with Crippen LogP contribution in [0.15, 0.2) is 11.8 Å². The normalized spacial score (nSPS) is 27.1. The minimum Gasteiger partial charge on any atom is -0.501 e. The van der Waals surface area contributed by atoms with Crippen LogP contribution in [0.25, 0.3) is 0 Å². The molecule has 2 fully saturated rings. The third-order valence-electron chi connectivity index (χ3n) is 3.06. The summed E-state index contributed by atoms with van der Waals surface area (Å²) in [5.74, 6) is 0.562. The summed E-state index contributed by atoms with van der Waals surface area (Å²) in [4.78, 5) is 0. The van der Waals surface area contributed by atoms with Gasteiger partial charge in [-0.1, -0.05) is 6.92 Å². The minimum atomic E-state index is -2.74. The molecule has 1 heterocycles. The van der Waals surface area contributed by atoms with Crippen LogP contribution in [0, 0.1) is 5.41 Å². The molecule has 86 valence electrons. The highest BCUT2D eigenvalue weighted by molar-refractivity contribution is 7.92. The molecule has 0 aromatic carbocycles. The van der Waals surface area contributed by atoms with Crippen LogP contribution < -0.4 is 0 Å². The molecule has 0 bridgehead atoms. The quantitative estimate of drug-likeness (QED) is 0.695. The Morgan fingerprint density at radius 3 is 2.47 bits per heavy atom. The molecule has 0 radical (unpaired) electrons. The fourth-order valence-corrected chi connectivity index (χ4v) is 4.62. The van der Waals surface area contributed by atoms with Crippen LogP contribution in [-0.4, -0.2) is 26.5 Å². The van der Waals surface area contributed by atoms with Crippen molar-refractivity contribution in [2.75, 3.05) is 18.1 Å². The van der Waals surface area contributed by atoms with E-state index in [4.69, 9.17) is 4.74 Å². The van der Waals surface area contributed by atoms with Gasteiger partial charge in [0.15, 0.2) is 9.84 Å². The maximum Gasteiger partial charge on any atom is 0.151 e. The zero-order chi connectivity index (χ0) is 10.9. The zero-order valence-corrected chi connectivity index (χ0v) is 9.98. The first-order valence-corrected chi connectivity index (χ1v) is 7.31. The molecule has 0 aromatic heterocycles. The summed E-state index contributed by atoms with van der Waals surface area (Å²) in [6.45, 7) is 2.51. The highest BCUT2D eigenvalue weighted by Gasteiger charge is 2.45. The number of allylic oxidation sites excluding steroid dienone is 1. The van der Waals surface area contributed by atoms with Crippen molar-refractivity contribution in [1.29, 1.82) is 0 Å². The smallest absolute Gasteiger partial charge is 0.151 e. The maximum absolute atomic E-state index is 11.1. The van der Waals surface area contributed by atoms with Gasteiger partial charge in [-0.2, -0.15) is 0 Å². The molecule has 15 heavy (non-hydrogen) atoms. The SMILES string of the molecule is CC1(COC=C2CCCC2)CS(=O)(=O)C1. The van der Waals surface area contributed by atoms with E-state index in [1.807, 2.05) is 13.2 Å². The van der Waals surface area contributed by atoms with Gasteiger partial charge in [0.25, 0.3) is 0 Å². The van der Waals surface area contributed by atoms with Crippen molar-refractivity contribution in [3.8, 4) is 0 Å². The second kappa shape index (κ2) is 3.81. The van der Waals surface area contributed by atoms with E-state index in [0.717, 1.165) is 12.8 Å². The summed E-state index contributed by atoms with van der Waals surface area (Å²) in [6, 6.07) is 0. The lowest BCUT2D eigenvalue weighted by Crippen LogP contribution is -2.49. The lowest BCUT2D eigenvalue weighted by atomic mass is 9.96. The van der Waals surface area contributed by atoms with Crippen molar-refractivity contribution in [1.82, 2.24) is 0 Å². The molecule has 0 N–H and O–H groups in total. The average Bonchev–Trinajstić information content (AvgIpc) is 2.52. The Kier molecular flexibility index (Phi) is 2.79. The summed E-state index contributed by atoms with van der Waals surface area (Å²) in [6.07, 6.45) is 6.68. The van der Waals surface area contributed by atoms with E-state index in [1.165, 1.54) is 18.4 Å². The Morgan fingerprint density at radius 1 is 1.33 bits per heavy atom. The number of hydrogen-bond donors (Lipinski definition) is 0. The number of sulfone groups is 1. The number of rotatable bonds is 3. The van der Waals surface area contributed by atoms with E-state index in [-0.39, 0.29) is 16.9 Å². The first-order valence-electron chi connectivity index (χ1n) is 5.49. The van der Waals surface area contributed by atoms with Crippen LogP contribution in [0.4, 0.5) is 0 Å². The third kappa shape index (κ3) is 2.74. The van der Waals surface area contributed by atoms with Crippen LogP contribution in [-0.2, 0) is 14.6 Å². The predicted octanol–water partition coefficient (Wildman–Crippen LogP) is 1.90. The van der Waals surface area contributed by atoms with Crippen molar-refractivity contribution in [2.45, 2.75) is 32.6 Å². The van der Waals surface area contributed by atoms with Gasteiger partial charge in [-0.3, -0.25) is 0 Å². The summed E-state index contributed by atoms with van der Waals surface area (Å²) in [7, 11) is -2.74. The first kappa shape index (κ1) is 11.0. The maximum atomic E-state index is 11.1. The fraction of sp³-hybridized carbons (Fsp3) is 0.818. The van der Waals surface area contributed by atoms with Gasteiger partial charge in [-0.05, 0) is 31.3 Å². The van der Waals surface area contributed by atoms with Crippen LogP contribution in [0.1, 0.15) is 32.6 Å². The summed E-state index contributed by atoms with van der Waals surface area (Å²) in [5, 5.41) is 0. The molecule has 1 saturated heterocycles. The van der Waals surface area contributed by atoms with Crippen LogP contribution in [0.2, 0.25) is 0 Å². The molecule has 0 atom stereocenters. The largest absolute Gasteiger partial charge is 0.501 e. The first-order chi connectivity index (χ1) is 6.99. The van der Waals surface area contributed by atoms with Crippen LogP contribution >= 0.6 is 0 Å². The van der Waals surface area contributed by atoms with Gasteiger partial charge < -0.3 is 4.74 Å². The molecule has 0 spiro atoms. The van der Waals surface area contributed by atoms with Gasteiger partial charge >= 0.3 is 0 Å².